The Morgan fingerprint density at radius 3 is 2.73 bits per heavy atom. The van der Waals surface area contributed by atoms with Crippen LogP contribution in [0.15, 0.2) is 40.1 Å². The fourth-order valence-electron chi connectivity index (χ4n) is 2.72. The molecular formula is C17H16Cl2N4O3. The number of aromatic nitrogens is 1. The van der Waals surface area contributed by atoms with Gasteiger partial charge in [-0.15, -0.1) is 0 Å². The topological polar surface area (TPSA) is 87.5 Å². The predicted molar refractivity (Wildman–Crippen MR) is 98.1 cm³/mol. The smallest absolute Gasteiger partial charge is 0.322 e. The maximum Gasteiger partial charge on any atom is 0.322 e. The summed E-state index contributed by atoms with van der Waals surface area (Å²) in [4.78, 5) is 26.5. The second-order valence-corrected chi connectivity index (χ2v) is 6.65. The van der Waals surface area contributed by atoms with Gasteiger partial charge in [0.2, 0.25) is 0 Å². The predicted octanol–water partition coefficient (Wildman–Crippen LogP) is 3.90. The highest BCUT2D eigenvalue weighted by molar-refractivity contribution is 6.42. The molecule has 26 heavy (non-hydrogen) atoms. The normalized spacial score (nSPS) is 17.3. The van der Waals surface area contributed by atoms with Crippen molar-refractivity contribution in [1.29, 1.82) is 0 Å². The summed E-state index contributed by atoms with van der Waals surface area (Å²) in [7, 11) is 1.58. The zero-order valence-electron chi connectivity index (χ0n) is 14.3. The van der Waals surface area contributed by atoms with E-state index in [1.807, 2.05) is 0 Å². The maximum atomic E-state index is 12.9. The molecule has 1 aromatic carbocycles. The van der Waals surface area contributed by atoms with Gasteiger partial charge in [-0.3, -0.25) is 4.79 Å². The van der Waals surface area contributed by atoms with Crippen molar-refractivity contribution in [1.82, 2.24) is 15.4 Å². The van der Waals surface area contributed by atoms with Crippen LogP contribution < -0.4 is 10.6 Å². The fraction of sp³-hybridized carbons (Fsp3) is 0.235. The zero-order valence-corrected chi connectivity index (χ0v) is 15.8. The van der Waals surface area contributed by atoms with Crippen LogP contribution >= 0.6 is 23.2 Å². The van der Waals surface area contributed by atoms with Crippen LogP contribution in [0, 0.1) is 6.92 Å². The Balaban J connectivity index is 2.05. The minimum absolute atomic E-state index is 0.277. The van der Waals surface area contributed by atoms with Crippen LogP contribution in [0.25, 0.3) is 0 Å². The van der Waals surface area contributed by atoms with Crippen molar-refractivity contribution in [2.24, 2.45) is 0 Å². The SMILES string of the molecule is CC1=C(C(=O)Nc2cc(C)on2)[C@H](c2cccc(Cl)c2Cl)NC(=O)N1C. The van der Waals surface area contributed by atoms with Crippen molar-refractivity contribution in [3.05, 3.63) is 56.9 Å². The zero-order chi connectivity index (χ0) is 19.0. The van der Waals surface area contributed by atoms with Crippen molar-refractivity contribution >= 4 is 41.0 Å². The molecule has 2 N–H and O–H groups in total. The van der Waals surface area contributed by atoms with Crippen LogP contribution in [-0.4, -0.2) is 29.0 Å². The van der Waals surface area contributed by atoms with Gasteiger partial charge in [-0.1, -0.05) is 40.5 Å². The summed E-state index contributed by atoms with van der Waals surface area (Å²) in [5.41, 5.74) is 1.35. The van der Waals surface area contributed by atoms with Gasteiger partial charge < -0.3 is 20.1 Å². The van der Waals surface area contributed by atoms with E-state index in [4.69, 9.17) is 27.7 Å². The number of benzene rings is 1. The van der Waals surface area contributed by atoms with Crippen molar-refractivity contribution in [2.45, 2.75) is 19.9 Å². The van der Waals surface area contributed by atoms with E-state index in [1.54, 1.807) is 45.2 Å². The molecule has 1 aliphatic rings. The first-order valence-corrected chi connectivity index (χ1v) is 8.48. The highest BCUT2D eigenvalue weighted by Gasteiger charge is 2.35. The number of aryl methyl sites for hydroxylation is 1. The molecule has 9 heteroatoms. The number of urea groups is 1. The third kappa shape index (κ3) is 3.27. The molecule has 1 atom stereocenters. The van der Waals surface area contributed by atoms with Gasteiger partial charge in [0.1, 0.15) is 5.76 Å². The summed E-state index contributed by atoms with van der Waals surface area (Å²) in [6.07, 6.45) is 0. The molecule has 0 saturated carbocycles. The number of amides is 3. The molecule has 0 aliphatic carbocycles. The Labute approximate surface area is 159 Å². The van der Waals surface area contributed by atoms with Gasteiger partial charge in [-0.25, -0.2) is 4.79 Å². The van der Waals surface area contributed by atoms with Crippen LogP contribution in [0.2, 0.25) is 10.0 Å². The van der Waals surface area contributed by atoms with E-state index < -0.39 is 11.9 Å². The van der Waals surface area contributed by atoms with Gasteiger partial charge in [0.15, 0.2) is 5.82 Å². The monoisotopic (exact) mass is 394 g/mol. The fourth-order valence-corrected chi connectivity index (χ4v) is 3.13. The molecule has 2 aromatic rings. The van der Waals surface area contributed by atoms with E-state index in [0.717, 1.165) is 0 Å². The highest BCUT2D eigenvalue weighted by Crippen LogP contribution is 2.37. The van der Waals surface area contributed by atoms with Crippen molar-refractivity contribution in [3.63, 3.8) is 0 Å². The Bertz CT molecular complexity index is 922. The number of allylic oxidation sites excluding steroid dienone is 1. The van der Waals surface area contributed by atoms with Gasteiger partial charge in [0, 0.05) is 18.8 Å². The quantitative estimate of drug-likeness (QED) is 0.825. The number of halogens is 2. The van der Waals surface area contributed by atoms with Crippen LogP contribution in [0.4, 0.5) is 10.6 Å². The molecule has 3 amide bonds. The lowest BCUT2D eigenvalue weighted by Gasteiger charge is -2.34. The summed E-state index contributed by atoms with van der Waals surface area (Å²) in [5.74, 6) is 0.418. The second kappa shape index (κ2) is 7.01. The van der Waals surface area contributed by atoms with Crippen molar-refractivity contribution in [3.8, 4) is 0 Å². The molecule has 1 aromatic heterocycles. The molecule has 0 unspecified atom stereocenters. The molecule has 0 saturated heterocycles. The van der Waals surface area contributed by atoms with Crippen molar-refractivity contribution < 1.29 is 14.1 Å². The Kier molecular flexibility index (Phi) is 4.93. The minimum atomic E-state index is -0.752. The summed E-state index contributed by atoms with van der Waals surface area (Å²) in [5, 5.41) is 9.83. The van der Waals surface area contributed by atoms with E-state index in [1.165, 1.54) is 4.90 Å². The third-order valence-corrected chi connectivity index (χ3v) is 4.99. The maximum absolute atomic E-state index is 12.9. The first-order chi connectivity index (χ1) is 12.3. The second-order valence-electron chi connectivity index (χ2n) is 5.86. The third-order valence-electron chi connectivity index (χ3n) is 4.16. The molecule has 1 aliphatic heterocycles. The number of carbonyl (C=O) groups excluding carboxylic acids is 2. The average molecular weight is 395 g/mol. The van der Waals surface area contributed by atoms with Gasteiger partial charge >= 0.3 is 6.03 Å². The van der Waals surface area contributed by atoms with E-state index >= 15 is 0 Å². The Morgan fingerprint density at radius 1 is 1.35 bits per heavy atom. The lowest BCUT2D eigenvalue weighted by Crippen LogP contribution is -2.46. The molecule has 0 spiro atoms. The Hall–Kier alpha value is -2.51. The number of hydrogen-bond donors (Lipinski definition) is 2. The molecule has 3 rings (SSSR count). The van der Waals surface area contributed by atoms with E-state index in [9.17, 15) is 9.59 Å². The summed E-state index contributed by atoms with van der Waals surface area (Å²) >= 11 is 12.4. The van der Waals surface area contributed by atoms with Crippen LogP contribution in [-0.2, 0) is 4.79 Å². The van der Waals surface area contributed by atoms with Gasteiger partial charge in [-0.05, 0) is 25.5 Å². The standard InChI is InChI=1S/C17H16Cl2N4O3/c1-8-7-12(22-26-8)20-16(24)13-9(2)23(3)17(25)21-15(13)10-5-4-6-11(18)14(10)19/h4-7,15H,1-3H3,(H,21,25)(H,20,22,24)/t15-/m0/s1. The minimum Gasteiger partial charge on any atom is -0.360 e. The molecule has 0 fully saturated rings. The highest BCUT2D eigenvalue weighted by atomic mass is 35.5. The van der Waals surface area contributed by atoms with E-state index in [0.29, 0.717) is 27.6 Å². The van der Waals surface area contributed by atoms with Gasteiger partial charge in [-0.2, -0.15) is 0 Å². The van der Waals surface area contributed by atoms with Crippen molar-refractivity contribution in [2.75, 3.05) is 12.4 Å². The lowest BCUT2D eigenvalue weighted by molar-refractivity contribution is -0.113. The van der Waals surface area contributed by atoms with E-state index in [-0.39, 0.29) is 16.9 Å². The first kappa shape index (κ1) is 18.3. The van der Waals surface area contributed by atoms with E-state index in [2.05, 4.69) is 15.8 Å². The van der Waals surface area contributed by atoms with Gasteiger partial charge in [0.25, 0.3) is 5.91 Å². The first-order valence-electron chi connectivity index (χ1n) is 7.73. The van der Waals surface area contributed by atoms with Crippen LogP contribution in [0.5, 0.6) is 0 Å². The largest absolute Gasteiger partial charge is 0.360 e. The molecule has 7 nitrogen and oxygen atoms in total. The number of anilines is 1. The Morgan fingerprint density at radius 2 is 2.08 bits per heavy atom. The summed E-state index contributed by atoms with van der Waals surface area (Å²) in [6, 6.07) is 5.56. The molecule has 0 bridgehead atoms. The number of carbonyl (C=O) groups is 2. The average Bonchev–Trinajstić information content (AvgIpc) is 2.99. The van der Waals surface area contributed by atoms with Gasteiger partial charge in [0.05, 0.1) is 21.7 Å². The molecule has 2 heterocycles. The van der Waals surface area contributed by atoms with Crippen LogP contribution in [0.1, 0.15) is 24.3 Å². The molecule has 0 radical (unpaired) electrons. The number of rotatable bonds is 3. The molecular weight excluding hydrogens is 379 g/mol. The number of hydrogen-bond acceptors (Lipinski definition) is 4. The number of nitrogens with one attached hydrogen (secondary N) is 2. The van der Waals surface area contributed by atoms with Crippen LogP contribution in [0.3, 0.4) is 0 Å². The number of nitrogens with zero attached hydrogens (tertiary/aromatic N) is 2. The summed E-state index contributed by atoms with van der Waals surface area (Å²) < 4.78 is 4.96. The molecule has 136 valence electrons. The lowest BCUT2D eigenvalue weighted by atomic mass is 9.94. The summed E-state index contributed by atoms with van der Waals surface area (Å²) in [6.45, 7) is 3.41.